The van der Waals surface area contributed by atoms with Crippen molar-refractivity contribution in [2.75, 3.05) is 0 Å². The number of hydrogen-bond donors (Lipinski definition) is 0. The summed E-state index contributed by atoms with van der Waals surface area (Å²) in [5, 5.41) is 6.61. The lowest BCUT2D eigenvalue weighted by molar-refractivity contribution is 0.670. The van der Waals surface area contributed by atoms with Gasteiger partial charge in [-0.1, -0.05) is 224 Å². The zero-order chi connectivity index (χ0) is 48.2. The average Bonchev–Trinajstić information content (AvgIpc) is 3.85. The van der Waals surface area contributed by atoms with Gasteiger partial charge in [0.25, 0.3) is 0 Å². The van der Waals surface area contributed by atoms with Crippen molar-refractivity contribution in [3.8, 4) is 89.3 Å². The molecule has 0 fully saturated rings. The molecule has 0 aliphatic heterocycles. The minimum Gasteiger partial charge on any atom is -0.455 e. The number of fused-ring (bicyclic) bond motifs is 9. The molecule has 73 heavy (non-hydrogen) atoms. The van der Waals surface area contributed by atoms with Gasteiger partial charge < -0.3 is 4.42 Å². The van der Waals surface area contributed by atoms with Crippen LogP contribution < -0.4 is 0 Å². The molecule has 2 aromatic heterocycles. The topological polar surface area (TPSA) is 38.9 Å². The first-order valence-corrected chi connectivity index (χ1v) is 24.9. The first-order valence-electron chi connectivity index (χ1n) is 24.9. The van der Waals surface area contributed by atoms with Gasteiger partial charge in [-0.2, -0.15) is 0 Å². The lowest BCUT2D eigenvalue weighted by atomic mass is 9.92. The van der Waals surface area contributed by atoms with Gasteiger partial charge in [0.2, 0.25) is 0 Å². The van der Waals surface area contributed by atoms with Crippen molar-refractivity contribution in [2.24, 2.45) is 0 Å². The average molecular weight is 929 g/mol. The highest BCUT2D eigenvalue weighted by Gasteiger charge is 2.21. The zero-order valence-electron chi connectivity index (χ0n) is 39.7. The molecule has 0 aliphatic rings. The van der Waals surface area contributed by atoms with E-state index in [4.69, 9.17) is 14.4 Å². The molecule has 14 rings (SSSR count). The van der Waals surface area contributed by atoms with E-state index in [1.54, 1.807) is 0 Å². The van der Waals surface area contributed by atoms with Gasteiger partial charge in [0, 0.05) is 38.2 Å². The Morgan fingerprint density at radius 2 is 0.589 bits per heavy atom. The summed E-state index contributed by atoms with van der Waals surface area (Å²) in [6.07, 6.45) is 0. The summed E-state index contributed by atoms with van der Waals surface area (Å²) in [7, 11) is 0. The molecule has 14 aromatic rings. The molecule has 0 aliphatic carbocycles. The van der Waals surface area contributed by atoms with Crippen molar-refractivity contribution in [2.45, 2.75) is 0 Å². The van der Waals surface area contributed by atoms with Gasteiger partial charge >= 0.3 is 0 Å². The SMILES string of the molecule is c1ccc(-c2ccc(-c3nc4c5ccccc5c5ccccc5c4nc3-c3cccc(-c4cc(-c5cccc(-c6ccccc6)c5)cc5c4oc4ccc(-c6cccc(-c7ccccc7)c6)cc45)c3)cc2)cc1. The van der Waals surface area contributed by atoms with Crippen LogP contribution in [0.15, 0.2) is 271 Å². The van der Waals surface area contributed by atoms with Crippen LogP contribution in [0.25, 0.3) is 144 Å². The summed E-state index contributed by atoms with van der Waals surface area (Å²) in [5.74, 6) is 0. The maximum absolute atomic E-state index is 7.01. The summed E-state index contributed by atoms with van der Waals surface area (Å²) >= 11 is 0. The molecule has 0 saturated heterocycles. The van der Waals surface area contributed by atoms with Crippen molar-refractivity contribution in [1.82, 2.24) is 9.97 Å². The van der Waals surface area contributed by atoms with Crippen LogP contribution in [0.3, 0.4) is 0 Å². The van der Waals surface area contributed by atoms with Gasteiger partial charge in [-0.15, -0.1) is 0 Å². The molecule has 3 heteroatoms. The van der Waals surface area contributed by atoms with Crippen LogP contribution in [0.5, 0.6) is 0 Å². The van der Waals surface area contributed by atoms with Gasteiger partial charge in [0.05, 0.1) is 22.4 Å². The van der Waals surface area contributed by atoms with E-state index < -0.39 is 0 Å². The fourth-order valence-corrected chi connectivity index (χ4v) is 10.8. The van der Waals surface area contributed by atoms with Gasteiger partial charge in [-0.3, -0.25) is 0 Å². The Bertz CT molecular complexity index is 4410. The van der Waals surface area contributed by atoms with Gasteiger partial charge in [-0.25, -0.2) is 9.97 Å². The molecular formula is C70H44N2O. The molecule has 0 atom stereocenters. The summed E-state index contributed by atoms with van der Waals surface area (Å²) in [5.41, 5.74) is 20.6. The van der Waals surface area contributed by atoms with E-state index in [1.807, 2.05) is 0 Å². The summed E-state index contributed by atoms with van der Waals surface area (Å²) in [4.78, 5) is 11.3. The normalized spacial score (nSPS) is 11.6. The third-order valence-electron chi connectivity index (χ3n) is 14.4. The number of benzene rings is 12. The Balaban J connectivity index is 0.981. The van der Waals surface area contributed by atoms with Crippen LogP contribution in [-0.2, 0) is 0 Å². The first-order chi connectivity index (χ1) is 36.2. The van der Waals surface area contributed by atoms with Crippen LogP contribution in [0.1, 0.15) is 0 Å². The second-order valence-corrected chi connectivity index (χ2v) is 18.8. The molecule has 0 radical (unpaired) electrons. The highest BCUT2D eigenvalue weighted by molar-refractivity contribution is 6.23. The van der Waals surface area contributed by atoms with Crippen LogP contribution in [-0.4, -0.2) is 9.97 Å². The van der Waals surface area contributed by atoms with Gasteiger partial charge in [0.15, 0.2) is 0 Å². The molecule has 0 saturated carbocycles. The van der Waals surface area contributed by atoms with Crippen molar-refractivity contribution >= 4 is 54.5 Å². The number of aromatic nitrogens is 2. The molecule has 340 valence electrons. The molecule has 0 N–H and O–H groups in total. The Morgan fingerprint density at radius 1 is 0.219 bits per heavy atom. The number of hydrogen-bond acceptors (Lipinski definition) is 3. The molecular weight excluding hydrogens is 885 g/mol. The maximum Gasteiger partial charge on any atom is 0.143 e. The summed E-state index contributed by atoms with van der Waals surface area (Å²) < 4.78 is 7.01. The number of nitrogens with zero attached hydrogens (tertiary/aromatic N) is 2. The van der Waals surface area contributed by atoms with Crippen molar-refractivity contribution < 1.29 is 4.42 Å². The Labute approximate surface area is 423 Å². The minimum absolute atomic E-state index is 0.817. The maximum atomic E-state index is 7.01. The number of rotatable bonds is 8. The molecule has 0 unspecified atom stereocenters. The molecule has 0 amide bonds. The summed E-state index contributed by atoms with van der Waals surface area (Å²) in [6.45, 7) is 0. The second kappa shape index (κ2) is 17.6. The molecule has 3 nitrogen and oxygen atoms in total. The fraction of sp³-hybridized carbons (Fsp3) is 0. The zero-order valence-corrected chi connectivity index (χ0v) is 39.7. The quantitative estimate of drug-likeness (QED) is 0.143. The largest absolute Gasteiger partial charge is 0.455 e. The Morgan fingerprint density at radius 3 is 1.16 bits per heavy atom. The van der Waals surface area contributed by atoms with Crippen LogP contribution in [0.4, 0.5) is 0 Å². The highest BCUT2D eigenvalue weighted by atomic mass is 16.3. The van der Waals surface area contributed by atoms with E-state index in [0.717, 1.165) is 116 Å². The molecule has 12 aromatic carbocycles. The van der Waals surface area contributed by atoms with E-state index in [2.05, 4.69) is 267 Å². The lowest BCUT2D eigenvalue weighted by Crippen LogP contribution is -1.98. The Kier molecular flexibility index (Phi) is 10.2. The smallest absolute Gasteiger partial charge is 0.143 e. The van der Waals surface area contributed by atoms with Crippen LogP contribution in [0, 0.1) is 0 Å². The predicted molar refractivity (Wildman–Crippen MR) is 305 cm³/mol. The third-order valence-corrected chi connectivity index (χ3v) is 14.4. The first kappa shape index (κ1) is 42.2. The van der Waals surface area contributed by atoms with E-state index in [-0.39, 0.29) is 0 Å². The van der Waals surface area contributed by atoms with Gasteiger partial charge in [-0.05, 0) is 114 Å². The predicted octanol–water partition coefficient (Wildman–Crippen LogP) is 19.2. The van der Waals surface area contributed by atoms with E-state index in [0.29, 0.717) is 0 Å². The van der Waals surface area contributed by atoms with Crippen LogP contribution >= 0.6 is 0 Å². The van der Waals surface area contributed by atoms with Crippen molar-refractivity contribution in [3.63, 3.8) is 0 Å². The highest BCUT2D eigenvalue weighted by Crippen LogP contribution is 2.44. The van der Waals surface area contributed by atoms with E-state index >= 15 is 0 Å². The standard InChI is InChI=1S/C70H44N2O/c1-4-17-45(18-5-1)48-33-35-49(36-34-48)66-67(72-69-61-32-13-11-30-59(61)58-29-10-12-31-60(58)68(69)71-66)56-28-16-27-55(41-56)62-43-57(53-26-15-24-51(40-53)47-21-8-3-9-22-47)44-64-63-42-54(37-38-65(63)73-70(62)64)52-25-14-23-50(39-52)46-19-6-2-7-20-46/h1-44H. The molecule has 0 spiro atoms. The molecule has 2 heterocycles. The van der Waals surface area contributed by atoms with Crippen molar-refractivity contribution in [3.05, 3.63) is 267 Å². The monoisotopic (exact) mass is 928 g/mol. The molecule has 0 bridgehead atoms. The Hall–Kier alpha value is -9.70. The van der Waals surface area contributed by atoms with E-state index in [1.165, 1.54) is 27.8 Å². The fourth-order valence-electron chi connectivity index (χ4n) is 10.8. The summed E-state index contributed by atoms with van der Waals surface area (Å²) in [6, 6.07) is 95.3. The van der Waals surface area contributed by atoms with Gasteiger partial charge in [0.1, 0.15) is 11.2 Å². The third kappa shape index (κ3) is 7.54. The van der Waals surface area contributed by atoms with Crippen LogP contribution in [0.2, 0.25) is 0 Å². The van der Waals surface area contributed by atoms with E-state index in [9.17, 15) is 0 Å². The second-order valence-electron chi connectivity index (χ2n) is 18.8. The minimum atomic E-state index is 0.817. The number of furan rings is 1. The van der Waals surface area contributed by atoms with Crippen molar-refractivity contribution in [1.29, 1.82) is 0 Å². The lowest BCUT2D eigenvalue weighted by Gasteiger charge is -2.16.